The molecule has 0 rings (SSSR count). The molecular weight excluding hydrogens is 219 g/mol. The van der Waals surface area contributed by atoms with Gasteiger partial charge in [-0.15, -0.1) is 0 Å². The first-order valence-corrected chi connectivity index (χ1v) is 5.63. The average Bonchev–Trinajstić information content (AvgIpc) is 2.09. The molecule has 96 valence electrons. The molecule has 0 aromatic heterocycles. The fourth-order valence-electron chi connectivity index (χ4n) is 1.55. The van der Waals surface area contributed by atoms with Gasteiger partial charge in [-0.1, -0.05) is 6.92 Å². The van der Waals surface area contributed by atoms with Gasteiger partial charge in [0, 0.05) is 6.42 Å². The Labute approximate surface area is 94.8 Å². The smallest absolute Gasteiger partial charge is 0.300 e. The number of carbonyl (C=O) groups is 1. The predicted octanol–water partition coefficient (Wildman–Crippen LogP) is 3.02. The molecule has 16 heavy (non-hydrogen) atoms. The number of halogens is 3. The average molecular weight is 239 g/mol. The van der Waals surface area contributed by atoms with Crippen LogP contribution in [0.5, 0.6) is 0 Å². The van der Waals surface area contributed by atoms with E-state index in [1.165, 1.54) is 11.8 Å². The number of carbonyl (C=O) groups excluding carboxylic acids is 1. The largest absolute Gasteiger partial charge is 0.401 e. The Hall–Kier alpha value is -0.580. The van der Waals surface area contributed by atoms with Crippen LogP contribution < -0.4 is 0 Å². The van der Waals surface area contributed by atoms with Crippen molar-refractivity contribution in [3.8, 4) is 0 Å². The first-order valence-electron chi connectivity index (χ1n) is 5.63. The number of rotatable bonds is 8. The van der Waals surface area contributed by atoms with Gasteiger partial charge in [0.15, 0.2) is 0 Å². The van der Waals surface area contributed by atoms with E-state index >= 15 is 0 Å². The Morgan fingerprint density at radius 1 is 1.19 bits per heavy atom. The number of Topliss-reactive ketones (excluding diaryl/α,β-unsaturated/α-hetero) is 1. The van der Waals surface area contributed by atoms with Crippen molar-refractivity contribution in [3.05, 3.63) is 0 Å². The maximum Gasteiger partial charge on any atom is 0.401 e. The van der Waals surface area contributed by atoms with Crippen molar-refractivity contribution < 1.29 is 18.0 Å². The molecular formula is C11H20F3NO. The number of hydrogen-bond acceptors (Lipinski definition) is 2. The Morgan fingerprint density at radius 2 is 1.81 bits per heavy atom. The van der Waals surface area contributed by atoms with Crippen LogP contribution >= 0.6 is 0 Å². The van der Waals surface area contributed by atoms with Crippen LogP contribution in [0, 0.1) is 0 Å². The van der Waals surface area contributed by atoms with Gasteiger partial charge >= 0.3 is 6.18 Å². The fourth-order valence-corrected chi connectivity index (χ4v) is 1.55. The van der Waals surface area contributed by atoms with Gasteiger partial charge in [0.1, 0.15) is 5.78 Å². The van der Waals surface area contributed by atoms with Crippen molar-refractivity contribution in [2.75, 3.05) is 19.6 Å². The van der Waals surface area contributed by atoms with E-state index in [0.717, 1.165) is 0 Å². The van der Waals surface area contributed by atoms with E-state index in [4.69, 9.17) is 0 Å². The summed E-state index contributed by atoms with van der Waals surface area (Å²) in [7, 11) is 0. The number of hydrogen-bond donors (Lipinski definition) is 0. The lowest BCUT2D eigenvalue weighted by molar-refractivity contribution is -0.146. The Bertz CT molecular complexity index is 204. The molecule has 0 saturated heterocycles. The molecule has 0 saturated carbocycles. The van der Waals surface area contributed by atoms with Gasteiger partial charge in [0.05, 0.1) is 6.54 Å². The highest BCUT2D eigenvalue weighted by Crippen LogP contribution is 2.17. The van der Waals surface area contributed by atoms with Crippen molar-refractivity contribution in [1.29, 1.82) is 0 Å². The second kappa shape index (κ2) is 7.65. The van der Waals surface area contributed by atoms with Crippen LogP contribution in [-0.4, -0.2) is 36.5 Å². The SMILES string of the molecule is CCCN(CCCCC(C)=O)CC(F)(F)F. The molecule has 0 aromatic carbocycles. The molecule has 0 atom stereocenters. The topological polar surface area (TPSA) is 20.3 Å². The van der Waals surface area contributed by atoms with E-state index in [-0.39, 0.29) is 5.78 Å². The van der Waals surface area contributed by atoms with Crippen LogP contribution in [0.2, 0.25) is 0 Å². The summed E-state index contributed by atoms with van der Waals surface area (Å²) in [4.78, 5) is 12.1. The summed E-state index contributed by atoms with van der Waals surface area (Å²) in [5.41, 5.74) is 0. The van der Waals surface area contributed by atoms with Gasteiger partial charge in [-0.25, -0.2) is 0 Å². The lowest BCUT2D eigenvalue weighted by atomic mass is 10.2. The lowest BCUT2D eigenvalue weighted by Gasteiger charge is -2.22. The molecule has 0 spiro atoms. The molecule has 0 bridgehead atoms. The number of unbranched alkanes of at least 4 members (excludes halogenated alkanes) is 1. The van der Waals surface area contributed by atoms with Crippen LogP contribution in [-0.2, 0) is 4.79 Å². The van der Waals surface area contributed by atoms with E-state index in [0.29, 0.717) is 38.8 Å². The summed E-state index contributed by atoms with van der Waals surface area (Å²) in [6.45, 7) is 3.39. The van der Waals surface area contributed by atoms with Gasteiger partial charge in [0.25, 0.3) is 0 Å². The van der Waals surface area contributed by atoms with Crippen molar-refractivity contribution in [2.45, 2.75) is 45.7 Å². The summed E-state index contributed by atoms with van der Waals surface area (Å²) in [6, 6.07) is 0. The van der Waals surface area contributed by atoms with Gasteiger partial charge < -0.3 is 4.79 Å². The molecule has 0 aliphatic rings. The summed E-state index contributed by atoms with van der Waals surface area (Å²) in [5, 5.41) is 0. The van der Waals surface area contributed by atoms with Crippen LogP contribution in [0.3, 0.4) is 0 Å². The molecule has 0 radical (unpaired) electrons. The second-order valence-corrected chi connectivity index (χ2v) is 4.05. The zero-order valence-electron chi connectivity index (χ0n) is 9.94. The van der Waals surface area contributed by atoms with E-state index in [1.807, 2.05) is 6.92 Å². The summed E-state index contributed by atoms with van der Waals surface area (Å²) < 4.78 is 36.5. The third kappa shape index (κ3) is 9.96. The highest BCUT2D eigenvalue weighted by molar-refractivity contribution is 5.75. The second-order valence-electron chi connectivity index (χ2n) is 4.05. The third-order valence-electron chi connectivity index (χ3n) is 2.20. The van der Waals surface area contributed by atoms with Crippen molar-refractivity contribution in [3.63, 3.8) is 0 Å². The van der Waals surface area contributed by atoms with E-state index in [2.05, 4.69) is 0 Å². The van der Waals surface area contributed by atoms with Crippen molar-refractivity contribution >= 4 is 5.78 Å². The molecule has 2 nitrogen and oxygen atoms in total. The molecule has 0 heterocycles. The highest BCUT2D eigenvalue weighted by Gasteiger charge is 2.29. The zero-order valence-corrected chi connectivity index (χ0v) is 9.94. The van der Waals surface area contributed by atoms with Crippen molar-refractivity contribution in [2.24, 2.45) is 0 Å². The minimum atomic E-state index is -4.13. The molecule has 0 aromatic rings. The quantitative estimate of drug-likeness (QED) is 0.607. The molecule has 0 aliphatic heterocycles. The van der Waals surface area contributed by atoms with Crippen molar-refractivity contribution in [1.82, 2.24) is 4.90 Å². The normalized spacial score (nSPS) is 12.1. The molecule has 0 unspecified atom stereocenters. The Morgan fingerprint density at radius 3 is 2.25 bits per heavy atom. The maximum absolute atomic E-state index is 12.2. The molecule has 0 N–H and O–H groups in total. The number of nitrogens with zero attached hydrogens (tertiary/aromatic N) is 1. The van der Waals surface area contributed by atoms with Gasteiger partial charge in [-0.3, -0.25) is 4.90 Å². The standard InChI is InChI=1S/C11H20F3NO/c1-3-7-15(9-11(12,13)14)8-5-4-6-10(2)16/h3-9H2,1-2H3. The molecule has 0 amide bonds. The first kappa shape index (κ1) is 15.4. The summed E-state index contributed by atoms with van der Waals surface area (Å²) in [6.07, 6.45) is -1.63. The van der Waals surface area contributed by atoms with Crippen LogP contribution in [0.4, 0.5) is 13.2 Å². The molecule has 0 fully saturated rings. The van der Waals surface area contributed by atoms with Gasteiger partial charge in [-0.05, 0) is 39.3 Å². The van der Waals surface area contributed by atoms with E-state index in [1.54, 1.807) is 0 Å². The van der Waals surface area contributed by atoms with Gasteiger partial charge in [-0.2, -0.15) is 13.2 Å². The zero-order chi connectivity index (χ0) is 12.6. The number of ketones is 1. The molecule has 5 heteroatoms. The van der Waals surface area contributed by atoms with Crippen LogP contribution in [0.25, 0.3) is 0 Å². The molecule has 0 aliphatic carbocycles. The maximum atomic E-state index is 12.2. The van der Waals surface area contributed by atoms with Crippen LogP contribution in [0.15, 0.2) is 0 Å². The minimum absolute atomic E-state index is 0.0952. The summed E-state index contributed by atoms with van der Waals surface area (Å²) >= 11 is 0. The highest BCUT2D eigenvalue weighted by atomic mass is 19.4. The van der Waals surface area contributed by atoms with Crippen LogP contribution in [0.1, 0.15) is 39.5 Å². The Kier molecular flexibility index (Phi) is 7.38. The summed E-state index contributed by atoms with van der Waals surface area (Å²) in [5.74, 6) is 0.0952. The van der Waals surface area contributed by atoms with Gasteiger partial charge in [0.2, 0.25) is 0 Å². The minimum Gasteiger partial charge on any atom is -0.300 e. The van der Waals surface area contributed by atoms with E-state index in [9.17, 15) is 18.0 Å². The first-order chi connectivity index (χ1) is 7.35. The third-order valence-corrected chi connectivity index (χ3v) is 2.20. The lowest BCUT2D eigenvalue weighted by Crippen LogP contribution is -2.35. The fraction of sp³-hybridized carbons (Fsp3) is 0.909. The Balaban J connectivity index is 3.80. The van der Waals surface area contributed by atoms with E-state index < -0.39 is 12.7 Å². The predicted molar refractivity (Wildman–Crippen MR) is 57.3 cm³/mol. The number of alkyl halides is 3. The monoisotopic (exact) mass is 239 g/mol.